The molecule has 0 saturated carbocycles. The van der Waals surface area contributed by atoms with Gasteiger partial charge in [-0.3, -0.25) is 19.6 Å². The van der Waals surface area contributed by atoms with E-state index in [1.54, 1.807) is 65.0 Å². The van der Waals surface area contributed by atoms with Gasteiger partial charge < -0.3 is 10.6 Å². The van der Waals surface area contributed by atoms with E-state index in [-0.39, 0.29) is 12.3 Å². The molecule has 5 N–H and O–H groups in total. The van der Waals surface area contributed by atoms with Crippen molar-refractivity contribution in [2.75, 3.05) is 7.05 Å². The molecule has 0 aliphatic heterocycles. The number of carbonyl (C=O) groups excluding carboxylic acids is 3. The standard InChI is InChI=1S/C23H36N4O6S/c1-15(2)14-17(20(28)25-19(22(30)24-6)23(3,4)5)18(21(29)26-31)27-34(32,33)13-12-16-10-8-7-9-11-16/h7-13,15,17-19,27,31H,14H2,1-6H3,(H,24,30)(H,25,28)(H,26,29)/b13-12+/t17-,18+,19-/m1/s1. The van der Waals surface area contributed by atoms with E-state index in [9.17, 15) is 28.0 Å². The summed E-state index contributed by atoms with van der Waals surface area (Å²) >= 11 is 0. The molecular weight excluding hydrogens is 460 g/mol. The number of benzene rings is 1. The molecule has 0 aliphatic rings. The smallest absolute Gasteiger partial charge is 0.262 e. The average molecular weight is 497 g/mol. The fourth-order valence-electron chi connectivity index (χ4n) is 3.31. The summed E-state index contributed by atoms with van der Waals surface area (Å²) in [5.41, 5.74) is 1.39. The number of sulfonamides is 1. The van der Waals surface area contributed by atoms with Gasteiger partial charge in [0.05, 0.1) is 5.92 Å². The lowest BCUT2D eigenvalue weighted by molar-refractivity contribution is -0.139. The highest BCUT2D eigenvalue weighted by molar-refractivity contribution is 7.92. The quantitative estimate of drug-likeness (QED) is 0.230. The maximum atomic E-state index is 13.3. The van der Waals surface area contributed by atoms with Crippen LogP contribution in [0.3, 0.4) is 0 Å². The van der Waals surface area contributed by atoms with E-state index in [2.05, 4.69) is 15.4 Å². The Morgan fingerprint density at radius 3 is 2.09 bits per heavy atom. The highest BCUT2D eigenvalue weighted by atomic mass is 32.2. The molecule has 0 bridgehead atoms. The van der Waals surface area contributed by atoms with Crippen molar-refractivity contribution < 1.29 is 28.0 Å². The van der Waals surface area contributed by atoms with E-state index in [0.717, 1.165) is 5.41 Å². The van der Waals surface area contributed by atoms with E-state index < -0.39 is 51.2 Å². The van der Waals surface area contributed by atoms with Crippen molar-refractivity contribution in [2.24, 2.45) is 17.3 Å². The minimum atomic E-state index is -4.19. The van der Waals surface area contributed by atoms with Crippen LogP contribution in [0.4, 0.5) is 0 Å². The highest BCUT2D eigenvalue weighted by Gasteiger charge is 2.40. The Labute approximate surface area is 201 Å². The van der Waals surface area contributed by atoms with Crippen molar-refractivity contribution in [1.82, 2.24) is 20.8 Å². The minimum Gasteiger partial charge on any atom is -0.357 e. The number of hydrogen-bond donors (Lipinski definition) is 5. The predicted octanol–water partition coefficient (Wildman–Crippen LogP) is 1.39. The summed E-state index contributed by atoms with van der Waals surface area (Å²) in [5.74, 6) is -3.53. The van der Waals surface area contributed by atoms with Crippen molar-refractivity contribution in [2.45, 2.75) is 53.1 Å². The van der Waals surface area contributed by atoms with Crippen molar-refractivity contribution in [3.63, 3.8) is 0 Å². The van der Waals surface area contributed by atoms with Gasteiger partial charge in [-0.15, -0.1) is 0 Å². The maximum absolute atomic E-state index is 13.3. The van der Waals surface area contributed by atoms with E-state index in [4.69, 9.17) is 0 Å². The van der Waals surface area contributed by atoms with E-state index in [1.807, 2.05) is 0 Å². The number of amides is 3. The lowest BCUT2D eigenvalue weighted by Crippen LogP contribution is -2.59. The van der Waals surface area contributed by atoms with Crippen LogP contribution < -0.4 is 20.8 Å². The first-order valence-electron chi connectivity index (χ1n) is 10.9. The van der Waals surface area contributed by atoms with Crippen molar-refractivity contribution in [3.8, 4) is 0 Å². The molecule has 1 rings (SSSR count). The second-order valence-electron chi connectivity index (χ2n) is 9.49. The second-order valence-corrected chi connectivity index (χ2v) is 11.1. The van der Waals surface area contributed by atoms with Gasteiger partial charge >= 0.3 is 0 Å². The number of nitrogens with one attached hydrogen (secondary N) is 4. The number of hydrogen-bond acceptors (Lipinski definition) is 6. The lowest BCUT2D eigenvalue weighted by atomic mass is 9.84. The Balaban J connectivity index is 3.30. The summed E-state index contributed by atoms with van der Waals surface area (Å²) < 4.78 is 27.7. The molecule has 190 valence electrons. The van der Waals surface area contributed by atoms with Crippen LogP contribution in [0, 0.1) is 17.3 Å². The fourth-order valence-corrected chi connectivity index (χ4v) is 4.35. The van der Waals surface area contributed by atoms with Crippen LogP contribution in [0.15, 0.2) is 35.7 Å². The Kier molecular flexibility index (Phi) is 10.9. The van der Waals surface area contributed by atoms with Crippen LogP contribution in [0.25, 0.3) is 6.08 Å². The first-order valence-corrected chi connectivity index (χ1v) is 12.5. The van der Waals surface area contributed by atoms with Gasteiger partial charge in [0.1, 0.15) is 12.1 Å². The van der Waals surface area contributed by atoms with Gasteiger partial charge in [0, 0.05) is 12.5 Å². The summed E-state index contributed by atoms with van der Waals surface area (Å²) in [6.07, 6.45) is 1.45. The van der Waals surface area contributed by atoms with Crippen LogP contribution >= 0.6 is 0 Å². The summed E-state index contributed by atoms with van der Waals surface area (Å²) in [5, 5.41) is 15.3. The van der Waals surface area contributed by atoms with Crippen molar-refractivity contribution in [1.29, 1.82) is 0 Å². The van der Waals surface area contributed by atoms with E-state index in [0.29, 0.717) is 5.56 Å². The van der Waals surface area contributed by atoms with Crippen LogP contribution in [-0.2, 0) is 24.4 Å². The summed E-state index contributed by atoms with van der Waals surface area (Å²) in [4.78, 5) is 38.2. The van der Waals surface area contributed by atoms with Crippen molar-refractivity contribution in [3.05, 3.63) is 41.3 Å². The number of likely N-dealkylation sites (N-methyl/N-ethyl adjacent to an activating group) is 1. The SMILES string of the molecule is CNC(=O)[C@@H](NC(=O)[C@H](CC(C)C)[C@H](NS(=O)(=O)/C=C/c1ccccc1)C(=O)NO)C(C)(C)C. The third kappa shape index (κ3) is 9.24. The Morgan fingerprint density at radius 2 is 1.62 bits per heavy atom. The Bertz CT molecular complexity index is 971. The monoisotopic (exact) mass is 496 g/mol. The summed E-state index contributed by atoms with van der Waals surface area (Å²) in [6.45, 7) is 8.90. The zero-order valence-electron chi connectivity index (χ0n) is 20.5. The molecule has 0 radical (unpaired) electrons. The third-order valence-electron chi connectivity index (χ3n) is 5.05. The zero-order valence-corrected chi connectivity index (χ0v) is 21.3. The predicted molar refractivity (Wildman–Crippen MR) is 130 cm³/mol. The van der Waals surface area contributed by atoms with Crippen LogP contribution in [0.2, 0.25) is 0 Å². The van der Waals surface area contributed by atoms with Gasteiger partial charge in [-0.1, -0.05) is 65.0 Å². The van der Waals surface area contributed by atoms with Gasteiger partial charge in [-0.25, -0.2) is 13.9 Å². The van der Waals surface area contributed by atoms with E-state index >= 15 is 0 Å². The number of rotatable bonds is 11. The van der Waals surface area contributed by atoms with Crippen LogP contribution in [-0.4, -0.2) is 50.5 Å². The molecule has 0 unspecified atom stereocenters. The number of carbonyl (C=O) groups is 3. The molecule has 11 heteroatoms. The first-order chi connectivity index (χ1) is 15.7. The molecule has 3 amide bonds. The van der Waals surface area contributed by atoms with Crippen LogP contribution in [0.5, 0.6) is 0 Å². The molecule has 10 nitrogen and oxygen atoms in total. The Hall–Kier alpha value is -2.76. The topological polar surface area (TPSA) is 154 Å². The first kappa shape index (κ1) is 29.3. The third-order valence-corrected chi connectivity index (χ3v) is 6.13. The number of hydroxylamine groups is 1. The Morgan fingerprint density at radius 1 is 1.03 bits per heavy atom. The molecule has 0 fully saturated rings. The molecule has 3 atom stereocenters. The molecule has 34 heavy (non-hydrogen) atoms. The average Bonchev–Trinajstić information content (AvgIpc) is 2.77. The van der Waals surface area contributed by atoms with Crippen molar-refractivity contribution >= 4 is 33.8 Å². The highest BCUT2D eigenvalue weighted by Crippen LogP contribution is 2.23. The van der Waals surface area contributed by atoms with Gasteiger partial charge in [0.15, 0.2) is 0 Å². The minimum absolute atomic E-state index is 0.109. The lowest BCUT2D eigenvalue weighted by Gasteiger charge is -2.33. The normalized spacial score (nSPS) is 14.9. The maximum Gasteiger partial charge on any atom is 0.262 e. The molecule has 1 aromatic carbocycles. The van der Waals surface area contributed by atoms with Gasteiger partial charge in [0.2, 0.25) is 21.8 Å². The summed E-state index contributed by atoms with van der Waals surface area (Å²) in [6, 6.07) is 6.10. The fraction of sp³-hybridized carbons (Fsp3) is 0.522. The zero-order chi connectivity index (χ0) is 26.1. The molecule has 0 saturated heterocycles. The molecule has 0 aromatic heterocycles. The van der Waals surface area contributed by atoms with Crippen LogP contribution in [0.1, 0.15) is 46.6 Å². The molecular formula is C23H36N4O6S. The molecule has 0 spiro atoms. The molecule has 0 aliphatic carbocycles. The van der Waals surface area contributed by atoms with E-state index in [1.165, 1.54) is 18.6 Å². The van der Waals surface area contributed by atoms with Gasteiger partial charge in [0.25, 0.3) is 5.91 Å². The largest absolute Gasteiger partial charge is 0.357 e. The molecule has 0 heterocycles. The summed E-state index contributed by atoms with van der Waals surface area (Å²) in [7, 11) is -2.75. The molecule has 1 aromatic rings. The van der Waals surface area contributed by atoms with Gasteiger partial charge in [-0.2, -0.15) is 4.72 Å². The van der Waals surface area contributed by atoms with Gasteiger partial charge in [-0.05, 0) is 29.4 Å². The second kappa shape index (κ2) is 12.6.